The Morgan fingerprint density at radius 1 is 0.415 bits per heavy atom. The molecule has 4 aromatic rings. The topological polar surface area (TPSA) is 114 Å². The number of hydrogen-bond acceptors (Lipinski definition) is 6. The Bertz CT molecular complexity index is 1770. The number of unbranched alkanes of at least 4 members (excludes halogenated alkanes) is 12. The third-order valence-electron chi connectivity index (χ3n) is 9.99. The Labute approximate surface area is 351 Å². The fourth-order valence-electron chi connectivity index (χ4n) is 7.08. The molecule has 0 saturated heterocycles. The van der Waals surface area contributed by atoms with Crippen molar-refractivity contribution in [3.05, 3.63) is 82.9 Å². The van der Waals surface area contributed by atoms with E-state index in [2.05, 4.69) is 52.0 Å². The molecule has 0 aliphatic rings. The summed E-state index contributed by atoms with van der Waals surface area (Å²) in [5, 5.41) is 3.02. The molecule has 0 aliphatic heterocycles. The van der Waals surface area contributed by atoms with Crippen molar-refractivity contribution in [3.8, 4) is 0 Å². The first-order chi connectivity index (χ1) is 24.9. The first-order valence-electron chi connectivity index (χ1n) is 19.9. The van der Waals surface area contributed by atoms with Gasteiger partial charge in [0.1, 0.15) is 20.2 Å². The van der Waals surface area contributed by atoms with Crippen LogP contribution in [0.3, 0.4) is 0 Å². The molecule has 4 rings (SSSR count). The Morgan fingerprint density at radius 2 is 0.736 bits per heavy atom. The largest absolute Gasteiger partial charge is 2.00 e. The van der Waals surface area contributed by atoms with Crippen LogP contribution in [-0.2, 0) is 45.9 Å². The first-order valence-corrected chi connectivity index (χ1v) is 22.8. The van der Waals surface area contributed by atoms with E-state index in [0.29, 0.717) is 10.8 Å². The van der Waals surface area contributed by atoms with E-state index in [0.717, 1.165) is 97.2 Å². The van der Waals surface area contributed by atoms with Gasteiger partial charge in [0.25, 0.3) is 0 Å². The molecule has 0 fully saturated rings. The summed E-state index contributed by atoms with van der Waals surface area (Å²) in [5.41, 5.74) is 4.23. The van der Waals surface area contributed by atoms with E-state index in [-0.39, 0.29) is 47.5 Å². The molecule has 4 aromatic carbocycles. The second kappa shape index (κ2) is 24.9. The van der Waals surface area contributed by atoms with E-state index >= 15 is 0 Å². The molecular formula is C44H62CaO6S2. The van der Waals surface area contributed by atoms with Gasteiger partial charge in [-0.1, -0.05) is 153 Å². The van der Waals surface area contributed by atoms with Crippen LogP contribution in [0, 0.1) is 0 Å². The molecule has 0 unspecified atom stereocenters. The van der Waals surface area contributed by atoms with E-state index in [9.17, 15) is 25.9 Å². The molecule has 0 atom stereocenters. The van der Waals surface area contributed by atoms with E-state index in [1.807, 2.05) is 12.1 Å². The summed E-state index contributed by atoms with van der Waals surface area (Å²) < 4.78 is 71.0. The van der Waals surface area contributed by atoms with Crippen molar-refractivity contribution in [3.63, 3.8) is 0 Å². The smallest absolute Gasteiger partial charge is 0.744 e. The third kappa shape index (κ3) is 15.9. The van der Waals surface area contributed by atoms with E-state index < -0.39 is 20.2 Å². The van der Waals surface area contributed by atoms with Crippen molar-refractivity contribution in [1.82, 2.24) is 0 Å². The van der Waals surface area contributed by atoms with Gasteiger partial charge in [-0.2, -0.15) is 0 Å². The molecule has 0 amide bonds. The van der Waals surface area contributed by atoms with Gasteiger partial charge in [-0.3, -0.25) is 0 Å². The molecule has 0 heterocycles. The van der Waals surface area contributed by atoms with Gasteiger partial charge in [-0.15, -0.1) is 0 Å². The maximum atomic E-state index is 11.8. The quantitative estimate of drug-likeness (QED) is 0.0445. The molecule has 53 heavy (non-hydrogen) atoms. The number of aryl methyl sites for hydroxylation is 4. The molecule has 0 bridgehead atoms. The number of benzene rings is 4. The third-order valence-corrected chi connectivity index (χ3v) is 11.7. The molecule has 6 nitrogen and oxygen atoms in total. The molecule has 0 spiro atoms. The van der Waals surface area contributed by atoms with E-state index in [4.69, 9.17) is 0 Å². The predicted molar refractivity (Wildman–Crippen MR) is 221 cm³/mol. The molecule has 0 N–H and O–H groups in total. The minimum Gasteiger partial charge on any atom is -0.744 e. The summed E-state index contributed by atoms with van der Waals surface area (Å²) in [5.74, 6) is 0. The van der Waals surface area contributed by atoms with Gasteiger partial charge in [-0.05, 0) is 107 Å². The molecule has 9 heteroatoms. The molecule has 0 aliphatic carbocycles. The number of rotatable bonds is 22. The fourth-order valence-corrected chi connectivity index (χ4v) is 8.56. The fraction of sp³-hybridized carbons (Fsp3) is 0.545. The van der Waals surface area contributed by atoms with Crippen LogP contribution in [0.4, 0.5) is 0 Å². The summed E-state index contributed by atoms with van der Waals surface area (Å²) in [7, 11) is -8.97. The first kappa shape index (κ1) is 47.6. The maximum Gasteiger partial charge on any atom is 2.00 e. The summed E-state index contributed by atoms with van der Waals surface area (Å²) in [6.07, 6.45) is 21.9. The van der Waals surface area contributed by atoms with Gasteiger partial charge in [0.2, 0.25) is 0 Å². The zero-order chi connectivity index (χ0) is 38.0. The van der Waals surface area contributed by atoms with Crippen LogP contribution in [0.25, 0.3) is 21.5 Å². The Hall–Kier alpha value is -1.52. The minimum absolute atomic E-state index is 0. The minimum atomic E-state index is -4.48. The van der Waals surface area contributed by atoms with Crippen LogP contribution in [0.15, 0.2) is 70.5 Å². The van der Waals surface area contributed by atoms with Crippen LogP contribution in [0.1, 0.15) is 153 Å². The van der Waals surface area contributed by atoms with Crippen molar-refractivity contribution in [2.45, 2.75) is 166 Å². The zero-order valence-electron chi connectivity index (χ0n) is 32.9. The molecule has 288 valence electrons. The molecule has 0 radical (unpaired) electrons. The van der Waals surface area contributed by atoms with Crippen LogP contribution in [-0.4, -0.2) is 63.7 Å². The van der Waals surface area contributed by atoms with Crippen LogP contribution >= 0.6 is 0 Å². The zero-order valence-corrected chi connectivity index (χ0v) is 36.7. The summed E-state index contributed by atoms with van der Waals surface area (Å²) in [4.78, 5) is -0.119. The van der Waals surface area contributed by atoms with Crippen molar-refractivity contribution in [1.29, 1.82) is 0 Å². The van der Waals surface area contributed by atoms with Crippen LogP contribution < -0.4 is 0 Å². The SMILES string of the molecule is CCCCCCc1cc(S(=O)(=O)[O-])c2cccc(CCCCCC)c2c1.CCCCCCc1cc(S(=O)(=O)[O-])c2cccc(CCCCCC)c2c1.[Ca+2]. The average molecular weight is 791 g/mol. The second-order valence-electron chi connectivity index (χ2n) is 14.4. The van der Waals surface area contributed by atoms with E-state index in [1.165, 1.54) is 64.2 Å². The number of hydrogen-bond donors (Lipinski definition) is 0. The Morgan fingerprint density at radius 3 is 1.04 bits per heavy atom. The average Bonchev–Trinajstić information content (AvgIpc) is 3.11. The standard InChI is InChI=1S/2C22H32O3S.Ca/c2*1-3-5-7-9-12-18-16-21-19(13-10-8-6-4-2)14-11-15-20(21)22(17-18)26(23,24)25;/h2*11,14-17H,3-10,12-13H2,1-2H3,(H,23,24,25);/q;;+2/p-2. The van der Waals surface area contributed by atoms with Gasteiger partial charge < -0.3 is 9.11 Å². The molecular weight excluding hydrogens is 729 g/mol. The van der Waals surface area contributed by atoms with Crippen LogP contribution in [0.2, 0.25) is 0 Å². The van der Waals surface area contributed by atoms with Gasteiger partial charge in [0.05, 0.1) is 9.79 Å². The maximum absolute atomic E-state index is 11.8. The summed E-state index contributed by atoms with van der Waals surface area (Å²) >= 11 is 0. The van der Waals surface area contributed by atoms with Gasteiger partial charge in [0.15, 0.2) is 0 Å². The Kier molecular flexibility index (Phi) is 22.4. The molecule has 0 saturated carbocycles. The normalized spacial score (nSPS) is 11.7. The van der Waals surface area contributed by atoms with Crippen molar-refractivity contribution in [2.75, 3.05) is 0 Å². The van der Waals surface area contributed by atoms with Crippen LogP contribution in [0.5, 0.6) is 0 Å². The van der Waals surface area contributed by atoms with Gasteiger partial charge in [0, 0.05) is 0 Å². The van der Waals surface area contributed by atoms with Crippen molar-refractivity contribution >= 4 is 79.5 Å². The summed E-state index contributed by atoms with van der Waals surface area (Å²) in [6.45, 7) is 8.72. The van der Waals surface area contributed by atoms with Crippen molar-refractivity contribution < 1.29 is 25.9 Å². The van der Waals surface area contributed by atoms with Gasteiger partial charge >= 0.3 is 37.7 Å². The Balaban J connectivity index is 0.000000360. The van der Waals surface area contributed by atoms with E-state index in [1.54, 1.807) is 24.3 Å². The van der Waals surface area contributed by atoms with Gasteiger partial charge in [-0.25, -0.2) is 16.8 Å². The van der Waals surface area contributed by atoms with Crippen molar-refractivity contribution in [2.24, 2.45) is 0 Å². The summed E-state index contributed by atoms with van der Waals surface area (Å²) in [6, 6.07) is 18.8. The predicted octanol–water partition coefficient (Wildman–Crippen LogP) is 11.6. The number of fused-ring (bicyclic) bond motifs is 2. The molecule has 0 aromatic heterocycles. The monoisotopic (exact) mass is 790 g/mol. The second-order valence-corrected chi connectivity index (χ2v) is 17.1.